The van der Waals surface area contributed by atoms with Crippen LogP contribution < -0.4 is 10.1 Å². The zero-order valence-corrected chi connectivity index (χ0v) is 18.0. The lowest BCUT2D eigenvalue weighted by atomic mass is 10.2. The van der Waals surface area contributed by atoms with Gasteiger partial charge in [0.1, 0.15) is 5.75 Å². The minimum absolute atomic E-state index is 0.0738. The lowest BCUT2D eigenvalue weighted by Crippen LogP contribution is -2.15. The summed E-state index contributed by atoms with van der Waals surface area (Å²) in [6.07, 6.45) is -0.251. The average molecular weight is 411 g/mol. The number of carbonyl (C=O) groups excluding carboxylic acids is 1. The van der Waals surface area contributed by atoms with Gasteiger partial charge in [-0.25, -0.2) is 0 Å². The number of hydrogen-bond donors (Lipinski definition) is 1. The summed E-state index contributed by atoms with van der Waals surface area (Å²) in [5.74, 6) is 1.77. The van der Waals surface area contributed by atoms with Gasteiger partial charge in [-0.3, -0.25) is 4.79 Å². The SMILES string of the molecule is CCn1c(SCC(=O)Nc2ccc(C)cc2)nnc1C(C)Oc1ccccc1C. The van der Waals surface area contributed by atoms with Crippen LogP contribution in [0, 0.1) is 13.8 Å². The molecule has 0 saturated carbocycles. The van der Waals surface area contributed by atoms with Gasteiger partial charge in [0.2, 0.25) is 5.91 Å². The largest absolute Gasteiger partial charge is 0.482 e. The molecular formula is C22H26N4O2S. The van der Waals surface area contributed by atoms with Gasteiger partial charge in [-0.2, -0.15) is 0 Å². The first kappa shape index (κ1) is 20.9. The van der Waals surface area contributed by atoms with E-state index in [2.05, 4.69) is 15.5 Å². The molecule has 0 fully saturated rings. The Morgan fingerprint density at radius 3 is 2.55 bits per heavy atom. The number of ether oxygens (including phenoxy) is 1. The lowest BCUT2D eigenvalue weighted by molar-refractivity contribution is -0.113. The lowest BCUT2D eigenvalue weighted by Gasteiger charge is -2.17. The summed E-state index contributed by atoms with van der Waals surface area (Å²) >= 11 is 1.37. The van der Waals surface area contributed by atoms with E-state index in [0.29, 0.717) is 11.7 Å². The smallest absolute Gasteiger partial charge is 0.234 e. The van der Waals surface area contributed by atoms with Crippen molar-refractivity contribution in [1.82, 2.24) is 14.8 Å². The Hall–Kier alpha value is -2.80. The fraction of sp³-hybridized carbons (Fsp3) is 0.318. The van der Waals surface area contributed by atoms with Gasteiger partial charge in [0.15, 0.2) is 17.1 Å². The van der Waals surface area contributed by atoms with E-state index in [4.69, 9.17) is 4.74 Å². The van der Waals surface area contributed by atoms with Gasteiger partial charge in [0.25, 0.3) is 0 Å². The predicted octanol–water partition coefficient (Wildman–Crippen LogP) is 4.79. The standard InChI is InChI=1S/C22H26N4O2S/c1-5-26-21(17(4)28-19-9-7-6-8-16(19)3)24-25-22(26)29-14-20(27)23-18-12-10-15(2)11-13-18/h6-13,17H,5,14H2,1-4H3,(H,23,27). The molecule has 1 aromatic heterocycles. The molecule has 0 radical (unpaired) electrons. The number of aromatic nitrogens is 3. The van der Waals surface area contributed by atoms with Crippen LogP contribution in [-0.2, 0) is 11.3 Å². The van der Waals surface area contributed by atoms with Gasteiger partial charge < -0.3 is 14.6 Å². The van der Waals surface area contributed by atoms with Crippen molar-refractivity contribution in [3.63, 3.8) is 0 Å². The molecule has 152 valence electrons. The van der Waals surface area contributed by atoms with E-state index in [1.807, 2.05) is 80.8 Å². The van der Waals surface area contributed by atoms with Gasteiger partial charge >= 0.3 is 0 Å². The number of carbonyl (C=O) groups is 1. The molecule has 0 saturated heterocycles. The maximum atomic E-state index is 12.3. The highest BCUT2D eigenvalue weighted by molar-refractivity contribution is 7.99. The second kappa shape index (κ2) is 9.60. The Morgan fingerprint density at radius 1 is 1.14 bits per heavy atom. The Balaban J connectivity index is 1.63. The van der Waals surface area contributed by atoms with E-state index < -0.39 is 0 Å². The monoisotopic (exact) mass is 410 g/mol. The Kier molecular flexibility index (Phi) is 6.93. The fourth-order valence-electron chi connectivity index (χ4n) is 2.90. The minimum atomic E-state index is -0.251. The molecule has 1 unspecified atom stereocenters. The number of hydrogen-bond acceptors (Lipinski definition) is 5. The highest BCUT2D eigenvalue weighted by Crippen LogP contribution is 2.26. The third kappa shape index (κ3) is 5.38. The third-order valence-electron chi connectivity index (χ3n) is 4.49. The molecule has 0 aliphatic heterocycles. The van der Waals surface area contributed by atoms with Crippen LogP contribution in [0.25, 0.3) is 0 Å². The molecule has 2 aromatic carbocycles. The van der Waals surface area contributed by atoms with Crippen LogP contribution >= 0.6 is 11.8 Å². The van der Waals surface area contributed by atoms with Crippen molar-refractivity contribution in [2.75, 3.05) is 11.1 Å². The number of benzene rings is 2. The van der Waals surface area contributed by atoms with Crippen molar-refractivity contribution in [2.45, 2.75) is 45.5 Å². The number of rotatable bonds is 8. The number of nitrogens with one attached hydrogen (secondary N) is 1. The van der Waals surface area contributed by atoms with Crippen molar-refractivity contribution < 1.29 is 9.53 Å². The summed E-state index contributed by atoms with van der Waals surface area (Å²) in [6.45, 7) is 8.72. The summed E-state index contributed by atoms with van der Waals surface area (Å²) in [7, 11) is 0. The van der Waals surface area contributed by atoms with E-state index in [0.717, 1.165) is 28.4 Å². The second-order valence-corrected chi connectivity index (χ2v) is 7.76. The number of para-hydroxylation sites is 1. The first-order valence-electron chi connectivity index (χ1n) is 9.62. The minimum Gasteiger partial charge on any atom is -0.482 e. The predicted molar refractivity (Wildman–Crippen MR) is 116 cm³/mol. The van der Waals surface area contributed by atoms with Crippen molar-refractivity contribution >= 4 is 23.4 Å². The number of amides is 1. The summed E-state index contributed by atoms with van der Waals surface area (Å²) < 4.78 is 8.08. The van der Waals surface area contributed by atoms with E-state index in [1.54, 1.807) is 0 Å². The third-order valence-corrected chi connectivity index (χ3v) is 5.46. The maximum Gasteiger partial charge on any atom is 0.234 e. The van der Waals surface area contributed by atoms with Crippen molar-refractivity contribution in [1.29, 1.82) is 0 Å². The zero-order chi connectivity index (χ0) is 20.8. The molecular weight excluding hydrogens is 384 g/mol. The van der Waals surface area contributed by atoms with Crippen LogP contribution in [-0.4, -0.2) is 26.4 Å². The molecule has 7 heteroatoms. The van der Waals surface area contributed by atoms with Crippen molar-refractivity contribution in [3.8, 4) is 5.75 Å². The molecule has 1 amide bonds. The highest BCUT2D eigenvalue weighted by Gasteiger charge is 2.20. The molecule has 3 rings (SSSR count). The first-order valence-corrected chi connectivity index (χ1v) is 10.6. The van der Waals surface area contributed by atoms with E-state index >= 15 is 0 Å². The van der Waals surface area contributed by atoms with Gasteiger partial charge in [0, 0.05) is 12.2 Å². The van der Waals surface area contributed by atoms with Gasteiger partial charge in [-0.05, 0) is 51.5 Å². The number of nitrogens with zero attached hydrogens (tertiary/aromatic N) is 3. The summed E-state index contributed by atoms with van der Waals surface area (Å²) in [5, 5.41) is 12.2. The molecule has 0 bridgehead atoms. The van der Waals surface area contributed by atoms with E-state index in [1.165, 1.54) is 11.8 Å². The molecule has 0 aliphatic carbocycles. The molecule has 0 aliphatic rings. The molecule has 1 N–H and O–H groups in total. The van der Waals surface area contributed by atoms with Gasteiger partial charge in [-0.1, -0.05) is 47.7 Å². The van der Waals surface area contributed by atoms with Crippen LogP contribution in [0.4, 0.5) is 5.69 Å². The molecule has 0 spiro atoms. The molecule has 1 atom stereocenters. The Morgan fingerprint density at radius 2 is 1.86 bits per heavy atom. The van der Waals surface area contributed by atoms with Gasteiger partial charge in [-0.15, -0.1) is 10.2 Å². The van der Waals surface area contributed by atoms with Crippen LogP contribution in [0.2, 0.25) is 0 Å². The van der Waals surface area contributed by atoms with Crippen LogP contribution in [0.1, 0.15) is 36.9 Å². The molecule has 29 heavy (non-hydrogen) atoms. The highest BCUT2D eigenvalue weighted by atomic mass is 32.2. The van der Waals surface area contributed by atoms with Crippen molar-refractivity contribution in [3.05, 3.63) is 65.5 Å². The fourth-order valence-corrected chi connectivity index (χ4v) is 3.71. The van der Waals surface area contributed by atoms with E-state index in [-0.39, 0.29) is 17.8 Å². The normalized spacial score (nSPS) is 11.9. The van der Waals surface area contributed by atoms with Crippen LogP contribution in [0.5, 0.6) is 5.75 Å². The summed E-state index contributed by atoms with van der Waals surface area (Å²) in [5.41, 5.74) is 3.02. The molecule has 1 heterocycles. The Bertz CT molecular complexity index is 969. The maximum absolute atomic E-state index is 12.3. The van der Waals surface area contributed by atoms with Crippen molar-refractivity contribution in [2.24, 2.45) is 0 Å². The number of aryl methyl sites for hydroxylation is 2. The summed E-state index contributed by atoms with van der Waals surface area (Å²) in [4.78, 5) is 12.3. The number of anilines is 1. The molecule has 6 nitrogen and oxygen atoms in total. The first-order chi connectivity index (χ1) is 14.0. The topological polar surface area (TPSA) is 69.0 Å². The quantitative estimate of drug-likeness (QED) is 0.541. The number of thioether (sulfide) groups is 1. The summed E-state index contributed by atoms with van der Waals surface area (Å²) in [6, 6.07) is 15.6. The van der Waals surface area contributed by atoms with E-state index in [9.17, 15) is 4.79 Å². The second-order valence-electron chi connectivity index (χ2n) is 6.81. The average Bonchev–Trinajstić information content (AvgIpc) is 3.13. The van der Waals surface area contributed by atoms with Gasteiger partial charge in [0.05, 0.1) is 5.75 Å². The van der Waals surface area contributed by atoms with Crippen LogP contribution in [0.3, 0.4) is 0 Å². The van der Waals surface area contributed by atoms with Crippen LogP contribution in [0.15, 0.2) is 53.7 Å². The molecule has 3 aromatic rings. The Labute approximate surface area is 175 Å². The zero-order valence-electron chi connectivity index (χ0n) is 17.2.